The van der Waals surface area contributed by atoms with E-state index in [-0.39, 0.29) is 0 Å². The Balaban J connectivity index is 1.84. The molecule has 1 aliphatic carbocycles. The van der Waals surface area contributed by atoms with Gasteiger partial charge in [-0.05, 0) is 31.1 Å². The molecule has 0 aromatic heterocycles. The van der Waals surface area contributed by atoms with Crippen molar-refractivity contribution in [3.05, 3.63) is 0 Å². The predicted octanol–water partition coefficient (Wildman–Crippen LogP) is 2.07. The normalized spacial score (nSPS) is 40.5. The van der Waals surface area contributed by atoms with Crippen LogP contribution in [0.15, 0.2) is 0 Å². The molecule has 1 saturated carbocycles. The van der Waals surface area contributed by atoms with Gasteiger partial charge in [0.05, 0.1) is 0 Å². The van der Waals surface area contributed by atoms with Crippen molar-refractivity contribution in [3.8, 4) is 0 Å². The van der Waals surface area contributed by atoms with E-state index in [9.17, 15) is 4.21 Å². The van der Waals surface area contributed by atoms with Gasteiger partial charge in [0.25, 0.3) is 0 Å². The Morgan fingerprint density at radius 2 is 1.87 bits per heavy atom. The van der Waals surface area contributed by atoms with Crippen LogP contribution in [0, 0.1) is 5.41 Å². The van der Waals surface area contributed by atoms with Gasteiger partial charge in [0.1, 0.15) is 0 Å². The van der Waals surface area contributed by atoms with Crippen LogP contribution in [0.1, 0.15) is 46.0 Å². The van der Waals surface area contributed by atoms with E-state index in [0.29, 0.717) is 17.5 Å². The van der Waals surface area contributed by atoms with E-state index in [1.165, 1.54) is 19.3 Å². The highest BCUT2D eigenvalue weighted by molar-refractivity contribution is 7.85. The summed E-state index contributed by atoms with van der Waals surface area (Å²) in [7, 11) is -0.523. The van der Waals surface area contributed by atoms with E-state index >= 15 is 0 Å². The van der Waals surface area contributed by atoms with Crippen LogP contribution >= 0.6 is 0 Å². The lowest BCUT2D eigenvalue weighted by Gasteiger charge is -2.33. The fourth-order valence-corrected chi connectivity index (χ4v) is 4.18. The fourth-order valence-electron chi connectivity index (χ4n) is 2.88. The molecule has 1 atom stereocenters. The molecule has 0 radical (unpaired) electrons. The summed E-state index contributed by atoms with van der Waals surface area (Å²) < 4.78 is 11.3. The highest BCUT2D eigenvalue weighted by Crippen LogP contribution is 2.37. The number of hydrogen-bond acceptors (Lipinski definition) is 2. The van der Waals surface area contributed by atoms with Crippen molar-refractivity contribution in [1.29, 1.82) is 0 Å². The van der Waals surface area contributed by atoms with Crippen molar-refractivity contribution in [2.45, 2.75) is 58.0 Å². The highest BCUT2D eigenvalue weighted by atomic mass is 32.2. The van der Waals surface area contributed by atoms with Crippen LogP contribution < -0.4 is 5.32 Å². The standard InChI is InChI=1S/C12H23NOS/c1-12(2)7-3-4-11(12)13-10-5-8-15(14)9-6-10/h10-11,13H,3-9H2,1-2H3. The molecule has 0 amide bonds. The van der Waals surface area contributed by atoms with Gasteiger partial charge in [0.2, 0.25) is 0 Å². The lowest BCUT2D eigenvalue weighted by atomic mass is 9.86. The minimum absolute atomic E-state index is 0.469. The second-order valence-electron chi connectivity index (χ2n) is 5.72. The van der Waals surface area contributed by atoms with Crippen LogP contribution in [0.2, 0.25) is 0 Å². The largest absolute Gasteiger partial charge is 0.311 e. The first-order chi connectivity index (χ1) is 7.08. The first kappa shape index (κ1) is 11.6. The summed E-state index contributed by atoms with van der Waals surface area (Å²) in [6.07, 6.45) is 6.26. The van der Waals surface area contributed by atoms with Crippen molar-refractivity contribution in [1.82, 2.24) is 5.32 Å². The second kappa shape index (κ2) is 4.54. The molecule has 1 heterocycles. The zero-order valence-corrected chi connectivity index (χ0v) is 10.7. The van der Waals surface area contributed by atoms with Crippen molar-refractivity contribution in [2.75, 3.05) is 11.5 Å². The molecule has 1 saturated heterocycles. The van der Waals surface area contributed by atoms with Crippen LogP contribution in [0.25, 0.3) is 0 Å². The van der Waals surface area contributed by atoms with E-state index in [2.05, 4.69) is 19.2 Å². The summed E-state index contributed by atoms with van der Waals surface area (Å²) in [5.74, 6) is 1.82. The fraction of sp³-hybridized carbons (Fsp3) is 1.00. The van der Waals surface area contributed by atoms with Crippen LogP contribution in [0.4, 0.5) is 0 Å². The van der Waals surface area contributed by atoms with Crippen LogP contribution in [0.3, 0.4) is 0 Å². The highest BCUT2D eigenvalue weighted by Gasteiger charge is 2.35. The predicted molar refractivity (Wildman–Crippen MR) is 65.5 cm³/mol. The summed E-state index contributed by atoms with van der Waals surface area (Å²) in [6, 6.07) is 1.32. The summed E-state index contributed by atoms with van der Waals surface area (Å²) >= 11 is 0. The average molecular weight is 229 g/mol. The summed E-state index contributed by atoms with van der Waals surface area (Å²) in [5, 5.41) is 3.79. The Hall–Kier alpha value is 0.110. The second-order valence-corrected chi connectivity index (χ2v) is 7.42. The number of hydrogen-bond donors (Lipinski definition) is 1. The minimum Gasteiger partial charge on any atom is -0.311 e. The van der Waals surface area contributed by atoms with Crippen LogP contribution in [-0.2, 0) is 10.8 Å². The van der Waals surface area contributed by atoms with Crippen molar-refractivity contribution >= 4 is 10.8 Å². The SMILES string of the molecule is CC1(C)CCCC1NC1CCS(=O)CC1. The van der Waals surface area contributed by atoms with E-state index < -0.39 is 10.8 Å². The first-order valence-electron chi connectivity index (χ1n) is 6.19. The van der Waals surface area contributed by atoms with Crippen molar-refractivity contribution < 1.29 is 4.21 Å². The molecule has 2 aliphatic rings. The molecule has 2 rings (SSSR count). The lowest BCUT2D eigenvalue weighted by Crippen LogP contribution is -2.46. The van der Waals surface area contributed by atoms with Crippen LogP contribution in [0.5, 0.6) is 0 Å². The van der Waals surface area contributed by atoms with E-state index in [1.807, 2.05) is 0 Å². The van der Waals surface area contributed by atoms with Gasteiger partial charge in [-0.2, -0.15) is 0 Å². The third-order valence-corrected chi connectivity index (χ3v) is 5.46. The molecule has 1 unspecified atom stereocenters. The van der Waals surface area contributed by atoms with Gasteiger partial charge in [-0.3, -0.25) is 4.21 Å². The smallest absolute Gasteiger partial charge is 0.0249 e. The third-order valence-electron chi connectivity index (χ3n) is 4.08. The Labute approximate surface area is 95.7 Å². The molecule has 0 spiro atoms. The molecule has 1 aliphatic heterocycles. The Kier molecular flexibility index (Phi) is 3.51. The molecule has 0 aromatic carbocycles. The summed E-state index contributed by atoms with van der Waals surface area (Å²) in [6.45, 7) is 4.75. The Morgan fingerprint density at radius 1 is 1.20 bits per heavy atom. The van der Waals surface area contributed by atoms with Gasteiger partial charge in [-0.15, -0.1) is 0 Å². The molecule has 88 valence electrons. The Morgan fingerprint density at radius 3 is 2.40 bits per heavy atom. The van der Waals surface area contributed by atoms with Gasteiger partial charge < -0.3 is 5.32 Å². The quantitative estimate of drug-likeness (QED) is 0.785. The van der Waals surface area contributed by atoms with Gasteiger partial charge >= 0.3 is 0 Å². The molecule has 0 bridgehead atoms. The molecule has 15 heavy (non-hydrogen) atoms. The molecular formula is C12H23NOS. The topological polar surface area (TPSA) is 29.1 Å². The van der Waals surface area contributed by atoms with E-state index in [4.69, 9.17) is 0 Å². The summed E-state index contributed by atoms with van der Waals surface area (Å²) in [5.41, 5.74) is 0.469. The van der Waals surface area contributed by atoms with Gasteiger partial charge in [-0.1, -0.05) is 20.3 Å². The molecule has 2 fully saturated rings. The Bertz CT molecular complexity index is 242. The molecule has 2 nitrogen and oxygen atoms in total. The monoisotopic (exact) mass is 229 g/mol. The average Bonchev–Trinajstić information content (AvgIpc) is 2.50. The first-order valence-corrected chi connectivity index (χ1v) is 7.68. The van der Waals surface area contributed by atoms with E-state index in [1.54, 1.807) is 0 Å². The zero-order chi connectivity index (χ0) is 10.9. The number of nitrogens with one attached hydrogen (secondary N) is 1. The maximum Gasteiger partial charge on any atom is 0.0249 e. The third kappa shape index (κ3) is 2.82. The zero-order valence-electron chi connectivity index (χ0n) is 9.92. The van der Waals surface area contributed by atoms with Gasteiger partial charge in [0, 0.05) is 34.4 Å². The molecule has 1 N–H and O–H groups in total. The lowest BCUT2D eigenvalue weighted by molar-refractivity contribution is 0.255. The summed E-state index contributed by atoms with van der Waals surface area (Å²) in [4.78, 5) is 0. The van der Waals surface area contributed by atoms with Crippen LogP contribution in [-0.4, -0.2) is 27.8 Å². The maximum atomic E-state index is 11.3. The van der Waals surface area contributed by atoms with Gasteiger partial charge in [-0.25, -0.2) is 0 Å². The van der Waals surface area contributed by atoms with Crippen molar-refractivity contribution in [3.63, 3.8) is 0 Å². The molecule has 3 heteroatoms. The molecular weight excluding hydrogens is 206 g/mol. The molecule has 0 aromatic rings. The van der Waals surface area contributed by atoms with Gasteiger partial charge in [0.15, 0.2) is 0 Å². The minimum atomic E-state index is -0.523. The maximum absolute atomic E-state index is 11.3. The van der Waals surface area contributed by atoms with Crippen molar-refractivity contribution in [2.24, 2.45) is 5.41 Å². The van der Waals surface area contributed by atoms with E-state index in [0.717, 1.165) is 24.3 Å². The number of rotatable bonds is 2.